The summed E-state index contributed by atoms with van der Waals surface area (Å²) in [7, 11) is 0. The van der Waals surface area contributed by atoms with E-state index in [1.165, 1.54) is 22.3 Å². The number of rotatable bonds is 10. The quantitative estimate of drug-likeness (QED) is 0.121. The van der Waals surface area contributed by atoms with Gasteiger partial charge in [-0.1, -0.05) is 255 Å². The van der Waals surface area contributed by atoms with E-state index in [0.29, 0.717) is 0 Å². The normalized spacial score (nSPS) is 11.3. The highest BCUT2D eigenvalue weighted by Gasteiger charge is 2.25. The lowest BCUT2D eigenvalue weighted by Crippen LogP contribution is -2.07. The van der Waals surface area contributed by atoms with Crippen molar-refractivity contribution in [2.24, 2.45) is 0 Å². The first-order chi connectivity index (χ1) is 35.7. The average Bonchev–Trinajstić information content (AvgIpc) is 4.11. The lowest BCUT2D eigenvalue weighted by atomic mass is 9.91. The van der Waals surface area contributed by atoms with Crippen molar-refractivity contribution in [2.75, 3.05) is 0 Å². The molecule has 0 saturated heterocycles. The number of fused-ring (bicyclic) bond motifs is 2. The highest BCUT2D eigenvalue weighted by Crippen LogP contribution is 2.47. The molecule has 72 heavy (non-hydrogen) atoms. The van der Waals surface area contributed by atoms with Crippen molar-refractivity contribution in [3.8, 4) is 101 Å². The Balaban J connectivity index is 1.17. The molecule has 11 aromatic carbocycles. The lowest BCUT2D eigenvalue weighted by Gasteiger charge is -2.25. The Bertz CT molecular complexity index is 3750. The number of aromatic nitrogens is 2. The van der Waals surface area contributed by atoms with Crippen LogP contribution < -0.4 is 0 Å². The van der Waals surface area contributed by atoms with E-state index < -0.39 is 0 Å². The number of nitrogens with zero attached hydrogens (tertiary/aromatic N) is 2. The van der Waals surface area contributed by atoms with Crippen molar-refractivity contribution in [2.45, 2.75) is 0 Å². The summed E-state index contributed by atoms with van der Waals surface area (Å²) in [5.74, 6) is 0. The third-order valence-corrected chi connectivity index (χ3v) is 14.2. The molecule has 0 fully saturated rings. The molecule has 0 N–H and O–H groups in total. The predicted octanol–water partition coefficient (Wildman–Crippen LogP) is 18.9. The molecule has 0 aliphatic heterocycles. The summed E-state index contributed by atoms with van der Waals surface area (Å²) in [5.41, 5.74) is 20.8. The number of hydrogen-bond acceptors (Lipinski definition) is 0. The van der Waals surface area contributed by atoms with Crippen LogP contribution in [0.1, 0.15) is 0 Å². The van der Waals surface area contributed by atoms with Crippen molar-refractivity contribution >= 4 is 21.5 Å². The lowest BCUT2D eigenvalue weighted by molar-refractivity contribution is 1.10. The topological polar surface area (TPSA) is 9.86 Å². The molecule has 0 radical (unpaired) electrons. The van der Waals surface area contributed by atoms with Crippen LogP contribution in [0, 0.1) is 0 Å². The molecule has 2 heterocycles. The second-order valence-corrected chi connectivity index (χ2v) is 18.4. The largest absolute Gasteiger partial charge is 0.308 e. The van der Waals surface area contributed by atoms with Gasteiger partial charge >= 0.3 is 0 Å². The molecule has 0 aliphatic rings. The maximum Gasteiger partial charge on any atom is 0.0620 e. The SMILES string of the molecule is c1ccc(-c2ccc(-c3ccc4c(-n5c(-c6ccccc6)ccc5-c5ccccc5)c5ccc(-c6ccc(-c7ccccc7)cc6)cc5c(-n5c(-c6ccccc6)ccc5-c5ccccc5)c4c3)cc2)cc1. The van der Waals surface area contributed by atoms with E-state index in [2.05, 4.69) is 300 Å². The van der Waals surface area contributed by atoms with E-state index in [1.807, 2.05) is 0 Å². The second-order valence-electron chi connectivity index (χ2n) is 18.4. The van der Waals surface area contributed by atoms with Crippen molar-refractivity contribution in [1.82, 2.24) is 9.13 Å². The van der Waals surface area contributed by atoms with Crippen molar-refractivity contribution in [1.29, 1.82) is 0 Å². The van der Waals surface area contributed by atoms with Gasteiger partial charge in [0.2, 0.25) is 0 Å². The molecule has 2 aromatic heterocycles. The van der Waals surface area contributed by atoms with Gasteiger partial charge in [0.05, 0.1) is 34.2 Å². The smallest absolute Gasteiger partial charge is 0.0620 e. The first-order valence-electron chi connectivity index (χ1n) is 24.7. The van der Waals surface area contributed by atoms with Gasteiger partial charge in [-0.05, 0) is 103 Å². The Kier molecular flexibility index (Phi) is 10.9. The highest BCUT2D eigenvalue weighted by molar-refractivity contribution is 6.17. The van der Waals surface area contributed by atoms with Crippen LogP contribution in [0.4, 0.5) is 0 Å². The third kappa shape index (κ3) is 7.73. The first kappa shape index (κ1) is 42.6. The van der Waals surface area contributed by atoms with E-state index >= 15 is 0 Å². The van der Waals surface area contributed by atoms with E-state index in [-0.39, 0.29) is 0 Å². The fraction of sp³-hybridized carbons (Fsp3) is 0. The van der Waals surface area contributed by atoms with Crippen molar-refractivity contribution in [3.63, 3.8) is 0 Å². The summed E-state index contributed by atoms with van der Waals surface area (Å²) in [6.07, 6.45) is 0. The van der Waals surface area contributed by atoms with Crippen molar-refractivity contribution in [3.05, 3.63) is 291 Å². The summed E-state index contributed by atoms with van der Waals surface area (Å²) in [6, 6.07) is 106. The molecular weight excluding hydrogens is 869 g/mol. The van der Waals surface area contributed by atoms with Crippen LogP contribution >= 0.6 is 0 Å². The van der Waals surface area contributed by atoms with Gasteiger partial charge < -0.3 is 9.13 Å². The molecule has 0 bridgehead atoms. The van der Waals surface area contributed by atoms with Gasteiger partial charge in [-0.15, -0.1) is 0 Å². The van der Waals surface area contributed by atoms with E-state index in [4.69, 9.17) is 0 Å². The molecule has 2 heteroatoms. The molecule has 13 rings (SSSR count). The molecule has 0 aliphatic carbocycles. The van der Waals surface area contributed by atoms with Gasteiger partial charge in [0.1, 0.15) is 0 Å². The van der Waals surface area contributed by atoms with Gasteiger partial charge in [0.25, 0.3) is 0 Å². The fourth-order valence-corrected chi connectivity index (χ4v) is 10.7. The Hall–Kier alpha value is -9.50. The molecule has 2 nitrogen and oxygen atoms in total. The van der Waals surface area contributed by atoms with Crippen LogP contribution in [-0.4, -0.2) is 9.13 Å². The maximum atomic E-state index is 2.54. The number of hydrogen-bond donors (Lipinski definition) is 0. The molecule has 0 saturated carbocycles. The summed E-state index contributed by atoms with van der Waals surface area (Å²) < 4.78 is 5.06. The molecule has 0 atom stereocenters. The molecular formula is C70H48N2. The van der Waals surface area contributed by atoms with E-state index in [1.54, 1.807) is 0 Å². The van der Waals surface area contributed by atoms with Gasteiger partial charge in [0, 0.05) is 21.5 Å². The first-order valence-corrected chi connectivity index (χ1v) is 24.7. The zero-order valence-electron chi connectivity index (χ0n) is 39.6. The number of benzene rings is 11. The van der Waals surface area contributed by atoms with Crippen molar-refractivity contribution < 1.29 is 0 Å². The fourth-order valence-electron chi connectivity index (χ4n) is 10.7. The molecule has 338 valence electrons. The van der Waals surface area contributed by atoms with Crippen LogP contribution in [-0.2, 0) is 0 Å². The van der Waals surface area contributed by atoms with Gasteiger partial charge in [0.15, 0.2) is 0 Å². The van der Waals surface area contributed by atoms with Gasteiger partial charge in [-0.25, -0.2) is 0 Å². The predicted molar refractivity (Wildman–Crippen MR) is 304 cm³/mol. The molecule has 0 spiro atoms. The summed E-state index contributed by atoms with van der Waals surface area (Å²) in [4.78, 5) is 0. The minimum absolute atomic E-state index is 1.12. The van der Waals surface area contributed by atoms with Crippen LogP contribution in [0.3, 0.4) is 0 Å². The average molecular weight is 917 g/mol. The summed E-state index contributed by atoms with van der Waals surface area (Å²) in [5, 5.41) is 4.60. The molecule has 0 unspecified atom stereocenters. The molecule has 13 aromatic rings. The third-order valence-electron chi connectivity index (χ3n) is 14.2. The van der Waals surface area contributed by atoms with E-state index in [9.17, 15) is 0 Å². The van der Waals surface area contributed by atoms with Crippen LogP contribution in [0.15, 0.2) is 291 Å². The molecule has 0 amide bonds. The maximum absolute atomic E-state index is 2.54. The summed E-state index contributed by atoms with van der Waals surface area (Å²) >= 11 is 0. The zero-order valence-corrected chi connectivity index (χ0v) is 39.6. The van der Waals surface area contributed by atoms with Gasteiger partial charge in [-0.3, -0.25) is 0 Å². The van der Waals surface area contributed by atoms with E-state index in [0.717, 1.165) is 100 Å². The Morgan fingerprint density at radius 1 is 0.153 bits per heavy atom. The second kappa shape index (κ2) is 18.4. The Labute approximate surface area is 420 Å². The Morgan fingerprint density at radius 3 is 0.639 bits per heavy atom. The van der Waals surface area contributed by atoms with Crippen LogP contribution in [0.25, 0.3) is 122 Å². The van der Waals surface area contributed by atoms with Crippen LogP contribution in [0.5, 0.6) is 0 Å². The zero-order chi connectivity index (χ0) is 47.8. The Morgan fingerprint density at radius 2 is 0.361 bits per heavy atom. The highest BCUT2D eigenvalue weighted by atomic mass is 15.0. The summed E-state index contributed by atoms with van der Waals surface area (Å²) in [6.45, 7) is 0. The van der Waals surface area contributed by atoms with Gasteiger partial charge in [-0.2, -0.15) is 0 Å². The minimum Gasteiger partial charge on any atom is -0.308 e. The standard InChI is InChI=1S/C70H48N2/c1-7-19-49(20-8-1)51-31-35-53(36-32-51)59-39-41-61-63(47-59)70(72-67(57-27-15-5-16-28-57)45-46-68(72)58-29-17-6-18-30-58)64-48-60(54-37-33-52(34-38-54)50-21-9-2-10-22-50)40-42-62(64)69(61)71-65(55-23-11-3-12-24-55)43-44-66(71)56-25-13-4-14-26-56/h1-48H. The van der Waals surface area contributed by atoms with Crippen LogP contribution in [0.2, 0.25) is 0 Å². The minimum atomic E-state index is 1.12. The monoisotopic (exact) mass is 916 g/mol.